The van der Waals surface area contributed by atoms with Gasteiger partial charge in [-0.2, -0.15) is 0 Å². The van der Waals surface area contributed by atoms with Gasteiger partial charge in [0, 0.05) is 13.1 Å². The van der Waals surface area contributed by atoms with Crippen LogP contribution in [0.3, 0.4) is 0 Å². The topological polar surface area (TPSA) is 72.2 Å². The molecule has 3 N–H and O–H groups in total. The summed E-state index contributed by atoms with van der Waals surface area (Å²) < 4.78 is 22.5. The molecule has 3 rings (SSSR count). The highest BCUT2D eigenvalue weighted by molar-refractivity contribution is 7.89. The van der Waals surface area contributed by atoms with Crippen molar-refractivity contribution in [2.24, 2.45) is 5.14 Å². The maximum absolute atomic E-state index is 11.3. The molecule has 0 unspecified atom stereocenters. The Bertz CT molecular complexity index is 937. The van der Waals surface area contributed by atoms with Crippen LogP contribution in [0, 0.1) is 0 Å². The first-order valence-electron chi connectivity index (χ1n) is 7.99. The smallest absolute Gasteiger partial charge is 0.238 e. The highest BCUT2D eigenvalue weighted by Gasteiger charge is 2.06. The zero-order chi connectivity index (χ0) is 17.7. The lowest BCUT2D eigenvalue weighted by atomic mass is 10.0. The first-order chi connectivity index (χ1) is 12.0. The molecule has 0 aliphatic carbocycles. The molecule has 0 fully saturated rings. The van der Waals surface area contributed by atoms with Crippen LogP contribution in [-0.4, -0.2) is 8.42 Å². The van der Waals surface area contributed by atoms with Crippen LogP contribution in [0.15, 0.2) is 83.8 Å². The van der Waals surface area contributed by atoms with E-state index in [9.17, 15) is 8.42 Å². The van der Waals surface area contributed by atoms with Crippen molar-refractivity contribution in [3.8, 4) is 11.1 Å². The molecule has 3 aromatic rings. The minimum absolute atomic E-state index is 0.131. The fourth-order valence-corrected chi connectivity index (χ4v) is 3.16. The number of rotatable bonds is 6. The Labute approximate surface area is 148 Å². The molecule has 3 aromatic carbocycles. The van der Waals surface area contributed by atoms with Gasteiger partial charge in [0.2, 0.25) is 10.0 Å². The lowest BCUT2D eigenvalue weighted by Gasteiger charge is -2.08. The molecule has 0 saturated heterocycles. The zero-order valence-corrected chi connectivity index (χ0v) is 14.5. The minimum atomic E-state index is -3.63. The fourth-order valence-electron chi connectivity index (χ4n) is 2.64. The van der Waals surface area contributed by atoms with E-state index in [1.165, 1.54) is 28.8 Å². The molecule has 128 valence electrons. The molecule has 0 aliphatic heterocycles. The van der Waals surface area contributed by atoms with E-state index in [2.05, 4.69) is 41.7 Å². The number of sulfonamides is 1. The van der Waals surface area contributed by atoms with Crippen molar-refractivity contribution in [2.45, 2.75) is 18.0 Å². The van der Waals surface area contributed by atoms with E-state index < -0.39 is 10.0 Å². The Hall–Kier alpha value is -2.47. The molecule has 4 nitrogen and oxygen atoms in total. The van der Waals surface area contributed by atoms with Crippen molar-refractivity contribution < 1.29 is 8.42 Å². The van der Waals surface area contributed by atoms with Crippen LogP contribution in [-0.2, 0) is 23.1 Å². The molecule has 25 heavy (non-hydrogen) atoms. The van der Waals surface area contributed by atoms with Gasteiger partial charge in [-0.1, -0.05) is 60.7 Å². The Kier molecular flexibility index (Phi) is 5.28. The second kappa shape index (κ2) is 7.61. The molecular weight excluding hydrogens is 332 g/mol. The maximum Gasteiger partial charge on any atom is 0.238 e. The van der Waals surface area contributed by atoms with Crippen LogP contribution in [0.4, 0.5) is 0 Å². The van der Waals surface area contributed by atoms with Crippen LogP contribution in [0.25, 0.3) is 11.1 Å². The van der Waals surface area contributed by atoms with Crippen LogP contribution in [0.1, 0.15) is 11.1 Å². The monoisotopic (exact) mass is 352 g/mol. The summed E-state index contributed by atoms with van der Waals surface area (Å²) in [6, 6.07) is 25.3. The van der Waals surface area contributed by atoms with E-state index in [1.54, 1.807) is 12.1 Å². The van der Waals surface area contributed by atoms with Gasteiger partial charge in [0.25, 0.3) is 0 Å². The van der Waals surface area contributed by atoms with Crippen molar-refractivity contribution in [1.29, 1.82) is 0 Å². The number of benzene rings is 3. The van der Waals surface area contributed by atoms with Gasteiger partial charge in [-0.3, -0.25) is 0 Å². The minimum Gasteiger partial charge on any atom is -0.309 e. The Morgan fingerprint density at radius 2 is 1.36 bits per heavy atom. The van der Waals surface area contributed by atoms with E-state index in [0.29, 0.717) is 6.54 Å². The summed E-state index contributed by atoms with van der Waals surface area (Å²) in [6.07, 6.45) is 0. The second-order valence-electron chi connectivity index (χ2n) is 5.86. The van der Waals surface area contributed by atoms with Crippen molar-refractivity contribution in [1.82, 2.24) is 5.32 Å². The van der Waals surface area contributed by atoms with Gasteiger partial charge in [0.1, 0.15) is 0 Å². The third-order valence-electron chi connectivity index (χ3n) is 3.94. The summed E-state index contributed by atoms with van der Waals surface area (Å²) in [5, 5.41) is 8.48. The lowest BCUT2D eigenvalue weighted by Crippen LogP contribution is -2.14. The van der Waals surface area contributed by atoms with Gasteiger partial charge in [-0.15, -0.1) is 0 Å². The zero-order valence-electron chi connectivity index (χ0n) is 13.7. The molecule has 0 aromatic heterocycles. The average Bonchev–Trinajstić information content (AvgIpc) is 2.62. The van der Waals surface area contributed by atoms with Crippen molar-refractivity contribution in [3.63, 3.8) is 0 Å². The predicted molar refractivity (Wildman–Crippen MR) is 100 cm³/mol. The van der Waals surface area contributed by atoms with Crippen LogP contribution in [0.5, 0.6) is 0 Å². The highest BCUT2D eigenvalue weighted by atomic mass is 32.2. The Balaban J connectivity index is 1.61. The van der Waals surface area contributed by atoms with Gasteiger partial charge < -0.3 is 5.32 Å². The van der Waals surface area contributed by atoms with E-state index in [1.807, 2.05) is 18.2 Å². The average molecular weight is 352 g/mol. The highest BCUT2D eigenvalue weighted by Crippen LogP contribution is 2.20. The number of hydrogen-bond acceptors (Lipinski definition) is 3. The Morgan fingerprint density at radius 1 is 0.720 bits per heavy atom. The summed E-state index contributed by atoms with van der Waals surface area (Å²) in [5.41, 5.74) is 4.59. The standard InChI is InChI=1S/C20H20N2O2S/c21-25(23,24)20-11-9-16(10-12-20)14-22-15-17-5-4-8-19(13-17)18-6-2-1-3-7-18/h1-13,22H,14-15H2,(H2,21,23,24). The molecule has 0 bridgehead atoms. The summed E-state index contributed by atoms with van der Waals surface area (Å²) in [5.74, 6) is 0. The van der Waals surface area contributed by atoms with Crippen LogP contribution >= 0.6 is 0 Å². The van der Waals surface area contributed by atoms with Gasteiger partial charge in [0.05, 0.1) is 4.90 Å². The Morgan fingerprint density at radius 3 is 2.04 bits per heavy atom. The largest absolute Gasteiger partial charge is 0.309 e. The third kappa shape index (κ3) is 4.76. The SMILES string of the molecule is NS(=O)(=O)c1ccc(CNCc2cccc(-c3ccccc3)c2)cc1. The molecular formula is C20H20N2O2S. The number of hydrogen-bond donors (Lipinski definition) is 2. The molecule has 0 amide bonds. The second-order valence-corrected chi connectivity index (χ2v) is 7.42. The first-order valence-corrected chi connectivity index (χ1v) is 9.54. The molecule has 0 radical (unpaired) electrons. The summed E-state index contributed by atoms with van der Waals surface area (Å²) in [4.78, 5) is 0.131. The molecule has 0 aliphatic rings. The van der Waals surface area contributed by atoms with Crippen molar-refractivity contribution >= 4 is 10.0 Å². The number of nitrogens with one attached hydrogen (secondary N) is 1. The van der Waals surface area contributed by atoms with Crippen LogP contribution < -0.4 is 10.5 Å². The van der Waals surface area contributed by atoms with Crippen LogP contribution in [0.2, 0.25) is 0 Å². The quantitative estimate of drug-likeness (QED) is 0.715. The van der Waals surface area contributed by atoms with Crippen molar-refractivity contribution in [3.05, 3.63) is 90.0 Å². The molecule has 0 spiro atoms. The van der Waals surface area contributed by atoms with Gasteiger partial charge in [0.15, 0.2) is 0 Å². The molecule has 0 atom stereocenters. The van der Waals surface area contributed by atoms with E-state index in [0.717, 1.165) is 12.1 Å². The third-order valence-corrected chi connectivity index (χ3v) is 4.87. The first kappa shape index (κ1) is 17.4. The summed E-state index contributed by atoms with van der Waals surface area (Å²) >= 11 is 0. The molecule has 5 heteroatoms. The predicted octanol–water partition coefficient (Wildman–Crippen LogP) is 3.29. The lowest BCUT2D eigenvalue weighted by molar-refractivity contribution is 0.597. The van der Waals surface area contributed by atoms with E-state index in [-0.39, 0.29) is 4.90 Å². The molecule has 0 saturated carbocycles. The van der Waals surface area contributed by atoms with E-state index >= 15 is 0 Å². The summed E-state index contributed by atoms with van der Waals surface area (Å²) in [6.45, 7) is 1.39. The summed E-state index contributed by atoms with van der Waals surface area (Å²) in [7, 11) is -3.63. The number of primary sulfonamides is 1. The number of nitrogens with two attached hydrogens (primary N) is 1. The van der Waals surface area contributed by atoms with Crippen molar-refractivity contribution in [2.75, 3.05) is 0 Å². The van der Waals surface area contributed by atoms with Gasteiger partial charge >= 0.3 is 0 Å². The molecule has 0 heterocycles. The van der Waals surface area contributed by atoms with Gasteiger partial charge in [-0.05, 0) is 40.5 Å². The fraction of sp³-hybridized carbons (Fsp3) is 0.100. The van der Waals surface area contributed by atoms with E-state index in [4.69, 9.17) is 5.14 Å². The normalized spacial score (nSPS) is 11.4. The maximum atomic E-state index is 11.3. The van der Waals surface area contributed by atoms with Gasteiger partial charge in [-0.25, -0.2) is 13.6 Å².